The minimum Gasteiger partial charge on any atom is -0.383 e. The predicted molar refractivity (Wildman–Crippen MR) is 144 cm³/mol. The number of hydrogen-bond acceptors (Lipinski definition) is 8. The molecule has 0 unspecified atom stereocenters. The van der Waals surface area contributed by atoms with Gasteiger partial charge in [0, 0.05) is 46.8 Å². The largest absolute Gasteiger partial charge is 0.383 e. The molecule has 0 spiro atoms. The number of aromatic amines is 1. The van der Waals surface area contributed by atoms with Gasteiger partial charge in [0.05, 0.1) is 11.8 Å². The number of rotatable bonds is 9. The zero-order valence-corrected chi connectivity index (χ0v) is 21.2. The Morgan fingerprint density at radius 3 is 2.87 bits per heavy atom. The molecule has 1 fully saturated rings. The smallest absolute Gasteiger partial charge is 0.274 e. The molecule has 8 N–H and O–H groups in total. The number of carbonyl (C=O) groups excluding carboxylic acids is 2. The van der Waals surface area contributed by atoms with E-state index in [0.29, 0.717) is 32.5 Å². The van der Waals surface area contributed by atoms with Crippen LogP contribution in [0.1, 0.15) is 39.3 Å². The molecule has 10 nitrogen and oxygen atoms in total. The quantitative estimate of drug-likeness (QED) is 0.191. The summed E-state index contributed by atoms with van der Waals surface area (Å²) in [6.07, 6.45) is 5.40. The van der Waals surface area contributed by atoms with Crippen molar-refractivity contribution in [2.24, 2.45) is 5.73 Å². The van der Waals surface area contributed by atoms with Crippen LogP contribution < -0.4 is 27.4 Å². The molecular formula is C26H27FN8O2S. The van der Waals surface area contributed by atoms with E-state index in [2.05, 4.69) is 30.9 Å². The molecule has 1 saturated heterocycles. The fourth-order valence-corrected chi connectivity index (χ4v) is 5.23. The summed E-state index contributed by atoms with van der Waals surface area (Å²) in [4.78, 5) is 37.2. The highest BCUT2D eigenvalue weighted by Crippen LogP contribution is 2.31. The molecule has 0 aliphatic carbocycles. The lowest BCUT2D eigenvalue weighted by molar-refractivity contribution is 0.0944. The van der Waals surface area contributed by atoms with Crippen molar-refractivity contribution in [3.8, 4) is 0 Å². The van der Waals surface area contributed by atoms with Gasteiger partial charge in [-0.2, -0.15) is 0 Å². The van der Waals surface area contributed by atoms with Crippen molar-refractivity contribution in [3.63, 3.8) is 0 Å². The molecule has 5 rings (SSSR count). The second-order valence-electron chi connectivity index (χ2n) is 8.98. The fourth-order valence-electron chi connectivity index (χ4n) is 4.36. The molecule has 196 valence electrons. The number of amides is 2. The Hall–Kier alpha value is -4.16. The van der Waals surface area contributed by atoms with E-state index in [-0.39, 0.29) is 23.9 Å². The molecule has 0 bridgehead atoms. The summed E-state index contributed by atoms with van der Waals surface area (Å²) in [5.74, 6) is -1.51. The summed E-state index contributed by atoms with van der Waals surface area (Å²) in [5.41, 5.74) is 14.1. The first-order valence-electron chi connectivity index (χ1n) is 12.1. The van der Waals surface area contributed by atoms with E-state index in [1.165, 1.54) is 18.3 Å². The van der Waals surface area contributed by atoms with Crippen molar-refractivity contribution >= 4 is 46.0 Å². The third-order valence-electron chi connectivity index (χ3n) is 6.34. The van der Waals surface area contributed by atoms with Gasteiger partial charge in [-0.05, 0) is 61.3 Å². The van der Waals surface area contributed by atoms with Gasteiger partial charge in [-0.25, -0.2) is 14.4 Å². The molecular weight excluding hydrogens is 507 g/mol. The molecule has 0 radical (unpaired) electrons. The average molecular weight is 535 g/mol. The topological polar surface area (TPSA) is 164 Å². The van der Waals surface area contributed by atoms with Crippen LogP contribution in [0.15, 0.2) is 58.7 Å². The van der Waals surface area contributed by atoms with E-state index in [1.807, 2.05) is 6.07 Å². The van der Waals surface area contributed by atoms with Crippen molar-refractivity contribution in [1.29, 1.82) is 0 Å². The monoisotopic (exact) mass is 534 g/mol. The van der Waals surface area contributed by atoms with E-state index in [1.54, 1.807) is 24.4 Å². The number of nitrogen functional groups attached to an aromatic ring is 1. The molecule has 12 heteroatoms. The van der Waals surface area contributed by atoms with E-state index < -0.39 is 11.8 Å². The van der Waals surface area contributed by atoms with Crippen LogP contribution in [0.25, 0.3) is 10.9 Å². The number of aromatic nitrogens is 3. The second-order valence-corrected chi connectivity index (χ2v) is 10.0. The SMILES string of the molecule is NC(=O)c1cc(NC[C@H]2CCCN2)ccc1Sc1cnc(N)c(C(=O)NCc2c[nH]c3ccc(F)cc23)n1. The Bertz CT molecular complexity index is 1500. The Labute approximate surface area is 222 Å². The van der Waals surface area contributed by atoms with Crippen molar-refractivity contribution < 1.29 is 14.0 Å². The van der Waals surface area contributed by atoms with Gasteiger partial charge in [-0.3, -0.25) is 9.59 Å². The Balaban J connectivity index is 1.29. The van der Waals surface area contributed by atoms with Gasteiger partial charge >= 0.3 is 0 Å². The van der Waals surface area contributed by atoms with Crippen LogP contribution in [0, 0.1) is 5.82 Å². The number of carbonyl (C=O) groups is 2. The molecule has 1 atom stereocenters. The number of hydrogen-bond donors (Lipinski definition) is 6. The molecule has 2 aromatic carbocycles. The summed E-state index contributed by atoms with van der Waals surface area (Å²) in [6.45, 7) is 1.90. The lowest BCUT2D eigenvalue weighted by Crippen LogP contribution is -2.29. The number of primary amides is 1. The Kier molecular flexibility index (Phi) is 7.43. The zero-order valence-electron chi connectivity index (χ0n) is 20.4. The number of nitrogens with two attached hydrogens (primary N) is 2. The van der Waals surface area contributed by atoms with Crippen LogP contribution in [0.4, 0.5) is 15.9 Å². The molecule has 38 heavy (non-hydrogen) atoms. The van der Waals surface area contributed by atoms with Crippen LogP contribution >= 0.6 is 11.8 Å². The second kappa shape index (κ2) is 11.1. The predicted octanol–water partition coefficient (Wildman–Crippen LogP) is 3.02. The highest BCUT2D eigenvalue weighted by Gasteiger charge is 2.18. The Morgan fingerprint density at radius 2 is 2.08 bits per heavy atom. The zero-order chi connectivity index (χ0) is 26.6. The van der Waals surface area contributed by atoms with Crippen LogP contribution in [-0.2, 0) is 6.54 Å². The van der Waals surface area contributed by atoms with Crippen LogP contribution in [0.2, 0.25) is 0 Å². The summed E-state index contributed by atoms with van der Waals surface area (Å²) >= 11 is 1.16. The summed E-state index contributed by atoms with van der Waals surface area (Å²) in [5, 5.41) is 10.6. The first-order valence-corrected chi connectivity index (χ1v) is 12.9. The fraction of sp³-hybridized carbons (Fsp3) is 0.231. The summed E-state index contributed by atoms with van der Waals surface area (Å²) < 4.78 is 13.7. The number of halogens is 1. The van der Waals surface area contributed by atoms with Crippen molar-refractivity contribution in [3.05, 3.63) is 71.4 Å². The van der Waals surface area contributed by atoms with Crippen molar-refractivity contribution in [2.45, 2.75) is 35.3 Å². The van der Waals surface area contributed by atoms with Crippen LogP contribution in [0.5, 0.6) is 0 Å². The van der Waals surface area contributed by atoms with Crippen molar-refractivity contribution in [1.82, 2.24) is 25.6 Å². The van der Waals surface area contributed by atoms with Gasteiger partial charge in [0.25, 0.3) is 5.91 Å². The van der Waals surface area contributed by atoms with Crippen LogP contribution in [-0.4, -0.2) is 45.9 Å². The third-order valence-corrected chi connectivity index (χ3v) is 7.32. The standard InChI is InChI=1S/C26H27FN8O2S/c27-15-3-5-20-18(8-15)14(10-32-20)11-34-26(37)23-24(28)33-13-22(35-23)38-21-6-4-16(9-19(21)25(29)36)31-12-17-2-1-7-30-17/h3-6,8-10,13,17,30-32H,1-2,7,11-12H2,(H2,28,33)(H2,29,36)(H,34,37)/t17-/m1/s1. The molecule has 0 saturated carbocycles. The number of H-pyrrole nitrogens is 1. The van der Waals surface area contributed by atoms with E-state index in [9.17, 15) is 14.0 Å². The van der Waals surface area contributed by atoms with Gasteiger partial charge in [0.1, 0.15) is 10.8 Å². The molecule has 1 aliphatic rings. The van der Waals surface area contributed by atoms with Gasteiger partial charge in [-0.1, -0.05) is 11.8 Å². The molecule has 2 aromatic heterocycles. The number of anilines is 2. The Morgan fingerprint density at radius 1 is 1.21 bits per heavy atom. The van der Waals surface area contributed by atoms with Gasteiger partial charge < -0.3 is 32.4 Å². The lowest BCUT2D eigenvalue weighted by Gasteiger charge is -2.14. The number of nitrogens with one attached hydrogen (secondary N) is 4. The maximum Gasteiger partial charge on any atom is 0.274 e. The van der Waals surface area contributed by atoms with Gasteiger partial charge in [0.2, 0.25) is 5.91 Å². The minimum atomic E-state index is -0.577. The van der Waals surface area contributed by atoms with E-state index in [4.69, 9.17) is 11.5 Å². The first kappa shape index (κ1) is 25.5. The normalized spacial score (nSPS) is 15.0. The average Bonchev–Trinajstić information content (AvgIpc) is 3.57. The molecule has 3 heterocycles. The molecule has 1 aliphatic heterocycles. The number of benzene rings is 2. The highest BCUT2D eigenvalue weighted by atomic mass is 32.2. The molecule has 4 aromatic rings. The van der Waals surface area contributed by atoms with Gasteiger partial charge in [0.15, 0.2) is 11.5 Å². The first-order chi connectivity index (χ1) is 18.4. The number of nitrogens with zero attached hydrogens (tertiary/aromatic N) is 2. The van der Waals surface area contributed by atoms with Crippen molar-refractivity contribution in [2.75, 3.05) is 24.1 Å². The summed E-state index contributed by atoms with van der Waals surface area (Å²) in [7, 11) is 0. The molecule has 2 amide bonds. The van der Waals surface area contributed by atoms with E-state index in [0.717, 1.165) is 48.9 Å². The van der Waals surface area contributed by atoms with Gasteiger partial charge in [-0.15, -0.1) is 0 Å². The third kappa shape index (κ3) is 5.71. The summed E-state index contributed by atoms with van der Waals surface area (Å²) in [6, 6.07) is 10.2. The van der Waals surface area contributed by atoms with Crippen LogP contribution in [0.3, 0.4) is 0 Å². The van der Waals surface area contributed by atoms with E-state index >= 15 is 0 Å². The number of fused-ring (bicyclic) bond motifs is 1. The lowest BCUT2D eigenvalue weighted by atomic mass is 10.1. The highest BCUT2D eigenvalue weighted by molar-refractivity contribution is 7.99. The maximum atomic E-state index is 13.7. The maximum absolute atomic E-state index is 13.7. The minimum absolute atomic E-state index is 0.0352.